The Hall–Kier alpha value is -1.98. The van der Waals surface area contributed by atoms with Gasteiger partial charge in [-0.3, -0.25) is 5.84 Å². The molecule has 0 aliphatic heterocycles. The molecule has 0 radical (unpaired) electrons. The molecule has 5 heteroatoms. The van der Waals surface area contributed by atoms with E-state index in [-0.39, 0.29) is 6.04 Å². The molecule has 3 N–H and O–H groups in total. The zero-order valence-corrected chi connectivity index (χ0v) is 10.4. The topological polar surface area (TPSA) is 73.1 Å². The van der Waals surface area contributed by atoms with Crippen molar-refractivity contribution in [3.63, 3.8) is 0 Å². The molecule has 0 amide bonds. The molecule has 94 valence electrons. The van der Waals surface area contributed by atoms with Gasteiger partial charge in [0.15, 0.2) is 0 Å². The van der Waals surface area contributed by atoms with Gasteiger partial charge in [-0.2, -0.15) is 0 Å². The third-order valence-electron chi connectivity index (χ3n) is 2.74. The van der Waals surface area contributed by atoms with Gasteiger partial charge in [-0.15, -0.1) is 10.2 Å². The molecule has 0 aliphatic carbocycles. The van der Waals surface area contributed by atoms with E-state index in [0.29, 0.717) is 5.88 Å². The van der Waals surface area contributed by atoms with Crippen LogP contribution in [0.25, 0.3) is 0 Å². The maximum atomic E-state index is 5.60. The van der Waals surface area contributed by atoms with E-state index >= 15 is 0 Å². The highest BCUT2D eigenvalue weighted by Gasteiger charge is 2.14. The molecule has 1 atom stereocenters. The van der Waals surface area contributed by atoms with Crippen LogP contribution >= 0.6 is 0 Å². The summed E-state index contributed by atoms with van der Waals surface area (Å²) in [6.45, 7) is 2.04. The van der Waals surface area contributed by atoms with Crippen LogP contribution in [-0.4, -0.2) is 17.3 Å². The highest BCUT2D eigenvalue weighted by atomic mass is 16.5. The van der Waals surface area contributed by atoms with Crippen molar-refractivity contribution >= 4 is 0 Å². The van der Waals surface area contributed by atoms with Crippen LogP contribution in [0.1, 0.15) is 22.9 Å². The zero-order chi connectivity index (χ0) is 13.0. The van der Waals surface area contributed by atoms with E-state index in [2.05, 4.69) is 15.6 Å². The quantitative estimate of drug-likeness (QED) is 0.627. The van der Waals surface area contributed by atoms with Gasteiger partial charge in [0.2, 0.25) is 5.88 Å². The Morgan fingerprint density at radius 1 is 1.11 bits per heavy atom. The SMILES string of the molecule is COc1ccc(C(NN)c2ccc(C)cc2)nn1. The molecular weight excluding hydrogens is 228 g/mol. The number of benzene rings is 1. The zero-order valence-electron chi connectivity index (χ0n) is 10.4. The summed E-state index contributed by atoms with van der Waals surface area (Å²) in [6, 6.07) is 11.5. The van der Waals surface area contributed by atoms with E-state index in [1.54, 1.807) is 13.2 Å². The van der Waals surface area contributed by atoms with Crippen molar-refractivity contribution in [1.29, 1.82) is 0 Å². The molecule has 1 heterocycles. The van der Waals surface area contributed by atoms with E-state index in [1.165, 1.54) is 5.56 Å². The third-order valence-corrected chi connectivity index (χ3v) is 2.74. The highest BCUT2D eigenvalue weighted by molar-refractivity contribution is 5.30. The van der Waals surface area contributed by atoms with Gasteiger partial charge in [-0.1, -0.05) is 29.8 Å². The lowest BCUT2D eigenvalue weighted by molar-refractivity contribution is 0.390. The number of aromatic nitrogens is 2. The first-order valence-electron chi connectivity index (χ1n) is 5.65. The highest BCUT2D eigenvalue weighted by Crippen LogP contribution is 2.20. The lowest BCUT2D eigenvalue weighted by atomic mass is 10.0. The van der Waals surface area contributed by atoms with Crippen molar-refractivity contribution in [2.24, 2.45) is 5.84 Å². The summed E-state index contributed by atoms with van der Waals surface area (Å²) in [7, 11) is 1.56. The Morgan fingerprint density at radius 3 is 2.33 bits per heavy atom. The van der Waals surface area contributed by atoms with Crippen LogP contribution in [0, 0.1) is 6.92 Å². The molecule has 0 aliphatic rings. The van der Waals surface area contributed by atoms with E-state index in [4.69, 9.17) is 10.6 Å². The smallest absolute Gasteiger partial charge is 0.233 e. The van der Waals surface area contributed by atoms with E-state index in [1.807, 2.05) is 37.3 Å². The average Bonchev–Trinajstić information content (AvgIpc) is 2.42. The Kier molecular flexibility index (Phi) is 3.86. The minimum atomic E-state index is -0.177. The predicted octanol–water partition coefficient (Wildman–Crippen LogP) is 1.35. The van der Waals surface area contributed by atoms with E-state index in [0.717, 1.165) is 11.3 Å². The van der Waals surface area contributed by atoms with Crippen LogP contribution < -0.4 is 16.0 Å². The minimum absolute atomic E-state index is 0.177. The van der Waals surface area contributed by atoms with Crippen LogP contribution in [0.4, 0.5) is 0 Å². The molecule has 18 heavy (non-hydrogen) atoms. The largest absolute Gasteiger partial charge is 0.480 e. The molecule has 1 aromatic heterocycles. The van der Waals surface area contributed by atoms with Crippen molar-refractivity contribution in [3.8, 4) is 5.88 Å². The number of hydrogen-bond acceptors (Lipinski definition) is 5. The van der Waals surface area contributed by atoms with Crippen molar-refractivity contribution < 1.29 is 4.74 Å². The molecule has 2 rings (SSSR count). The Labute approximate surface area is 106 Å². The molecule has 2 aromatic rings. The van der Waals surface area contributed by atoms with Crippen molar-refractivity contribution in [1.82, 2.24) is 15.6 Å². The second-order valence-corrected chi connectivity index (χ2v) is 4.01. The van der Waals surface area contributed by atoms with Gasteiger partial charge in [0, 0.05) is 6.07 Å². The lowest BCUT2D eigenvalue weighted by Gasteiger charge is -2.15. The third kappa shape index (κ3) is 2.64. The molecule has 0 saturated heterocycles. The predicted molar refractivity (Wildman–Crippen MR) is 68.9 cm³/mol. The Morgan fingerprint density at radius 2 is 1.83 bits per heavy atom. The van der Waals surface area contributed by atoms with Crippen molar-refractivity contribution in [2.45, 2.75) is 13.0 Å². The standard InChI is InChI=1S/C13H16N4O/c1-9-3-5-10(6-4-9)13(15-14)11-7-8-12(18-2)17-16-11/h3-8,13,15H,14H2,1-2H3. The second kappa shape index (κ2) is 5.57. The van der Waals surface area contributed by atoms with Crippen molar-refractivity contribution in [2.75, 3.05) is 7.11 Å². The van der Waals surface area contributed by atoms with Gasteiger partial charge < -0.3 is 4.74 Å². The minimum Gasteiger partial charge on any atom is -0.480 e. The number of hydrogen-bond donors (Lipinski definition) is 2. The fraction of sp³-hybridized carbons (Fsp3) is 0.231. The lowest BCUT2D eigenvalue weighted by Crippen LogP contribution is -2.29. The van der Waals surface area contributed by atoms with E-state index < -0.39 is 0 Å². The normalized spacial score (nSPS) is 12.2. The molecule has 0 bridgehead atoms. The second-order valence-electron chi connectivity index (χ2n) is 4.01. The fourth-order valence-electron chi connectivity index (χ4n) is 1.70. The summed E-state index contributed by atoms with van der Waals surface area (Å²) >= 11 is 0. The van der Waals surface area contributed by atoms with Gasteiger partial charge in [0.25, 0.3) is 0 Å². The number of aryl methyl sites for hydroxylation is 1. The summed E-state index contributed by atoms with van der Waals surface area (Å²) in [5.41, 5.74) is 5.75. The summed E-state index contributed by atoms with van der Waals surface area (Å²) in [4.78, 5) is 0. The van der Waals surface area contributed by atoms with Gasteiger partial charge in [-0.25, -0.2) is 5.43 Å². The molecule has 1 unspecified atom stereocenters. The van der Waals surface area contributed by atoms with E-state index in [9.17, 15) is 0 Å². The number of ether oxygens (including phenoxy) is 1. The van der Waals surface area contributed by atoms with Gasteiger partial charge in [0.1, 0.15) is 0 Å². The van der Waals surface area contributed by atoms with Gasteiger partial charge in [0.05, 0.1) is 18.8 Å². The number of methoxy groups -OCH3 is 1. The Balaban J connectivity index is 2.29. The van der Waals surface area contributed by atoms with Gasteiger partial charge >= 0.3 is 0 Å². The molecule has 0 spiro atoms. The molecule has 0 saturated carbocycles. The molecule has 0 fully saturated rings. The first-order valence-corrected chi connectivity index (χ1v) is 5.65. The summed E-state index contributed by atoms with van der Waals surface area (Å²) < 4.78 is 4.98. The van der Waals surface area contributed by atoms with Gasteiger partial charge in [-0.05, 0) is 18.6 Å². The number of hydrazine groups is 1. The van der Waals surface area contributed by atoms with Crippen LogP contribution in [-0.2, 0) is 0 Å². The summed E-state index contributed by atoms with van der Waals surface area (Å²) in [5, 5.41) is 8.04. The summed E-state index contributed by atoms with van der Waals surface area (Å²) in [6.07, 6.45) is 0. The molecular formula is C13H16N4O. The fourth-order valence-corrected chi connectivity index (χ4v) is 1.70. The number of nitrogens with two attached hydrogens (primary N) is 1. The average molecular weight is 244 g/mol. The number of rotatable bonds is 4. The van der Waals surface area contributed by atoms with Crippen LogP contribution in [0.15, 0.2) is 36.4 Å². The number of nitrogens with zero attached hydrogens (tertiary/aromatic N) is 2. The molecule has 5 nitrogen and oxygen atoms in total. The Bertz CT molecular complexity index is 495. The maximum Gasteiger partial charge on any atom is 0.233 e. The first kappa shape index (κ1) is 12.5. The van der Waals surface area contributed by atoms with Crippen LogP contribution in [0.2, 0.25) is 0 Å². The monoisotopic (exact) mass is 244 g/mol. The van der Waals surface area contributed by atoms with Crippen LogP contribution in [0.5, 0.6) is 5.88 Å². The van der Waals surface area contributed by atoms with Crippen molar-refractivity contribution in [3.05, 3.63) is 53.2 Å². The summed E-state index contributed by atoms with van der Waals surface area (Å²) in [5.74, 6) is 6.08. The maximum absolute atomic E-state index is 5.60. The number of nitrogens with one attached hydrogen (secondary N) is 1. The molecule has 1 aromatic carbocycles. The van der Waals surface area contributed by atoms with Crippen LogP contribution in [0.3, 0.4) is 0 Å². The first-order chi connectivity index (χ1) is 8.74.